The number of nitrogens with zero attached hydrogens (tertiary/aromatic N) is 1. The Hall–Kier alpha value is -1.06. The second-order valence-corrected chi connectivity index (χ2v) is 7.58. The normalized spacial score (nSPS) is 14.6. The fourth-order valence-corrected chi connectivity index (χ4v) is 3.58. The standard InChI is InChI=1S/C21H39NO3/c1-3-4-5-6-7-8-9-10-11-14-17-25-20(23)18-22(2)21(24)19-15-12-13-16-19/h19H,3-18H2,1-2H3. The van der Waals surface area contributed by atoms with Crippen molar-refractivity contribution < 1.29 is 14.3 Å². The number of esters is 1. The SMILES string of the molecule is CCCCCCCCCCCCOC(=O)CN(C)C(=O)C1CCCC1. The van der Waals surface area contributed by atoms with Gasteiger partial charge in [-0.3, -0.25) is 9.59 Å². The highest BCUT2D eigenvalue weighted by molar-refractivity contribution is 5.83. The van der Waals surface area contributed by atoms with Gasteiger partial charge in [0.15, 0.2) is 0 Å². The van der Waals surface area contributed by atoms with Crippen molar-refractivity contribution in [1.29, 1.82) is 0 Å². The first-order valence-corrected chi connectivity index (χ1v) is 10.6. The third-order valence-corrected chi connectivity index (χ3v) is 5.21. The van der Waals surface area contributed by atoms with Crippen molar-refractivity contribution in [3.8, 4) is 0 Å². The fourth-order valence-electron chi connectivity index (χ4n) is 3.58. The molecule has 1 rings (SSSR count). The van der Waals surface area contributed by atoms with Gasteiger partial charge in [0.1, 0.15) is 6.54 Å². The average molecular weight is 354 g/mol. The van der Waals surface area contributed by atoms with Crippen molar-refractivity contribution in [1.82, 2.24) is 4.90 Å². The lowest BCUT2D eigenvalue weighted by Gasteiger charge is -2.19. The van der Waals surface area contributed by atoms with Gasteiger partial charge in [-0.25, -0.2) is 0 Å². The number of rotatable bonds is 14. The number of carbonyl (C=O) groups is 2. The Morgan fingerprint density at radius 2 is 1.40 bits per heavy atom. The van der Waals surface area contributed by atoms with Crippen LogP contribution in [0.3, 0.4) is 0 Å². The van der Waals surface area contributed by atoms with Crippen LogP contribution in [-0.4, -0.2) is 37.0 Å². The Balaban J connectivity index is 1.92. The van der Waals surface area contributed by atoms with E-state index < -0.39 is 0 Å². The van der Waals surface area contributed by atoms with Gasteiger partial charge in [-0.15, -0.1) is 0 Å². The number of unbranched alkanes of at least 4 members (excludes halogenated alkanes) is 9. The van der Waals surface area contributed by atoms with Crippen LogP contribution in [0.5, 0.6) is 0 Å². The number of carbonyl (C=O) groups excluding carboxylic acids is 2. The minimum Gasteiger partial charge on any atom is -0.464 e. The number of ether oxygens (including phenoxy) is 1. The molecule has 0 bridgehead atoms. The number of hydrogen-bond donors (Lipinski definition) is 0. The topological polar surface area (TPSA) is 46.6 Å². The summed E-state index contributed by atoms with van der Waals surface area (Å²) < 4.78 is 5.26. The maximum absolute atomic E-state index is 12.2. The van der Waals surface area contributed by atoms with Crippen LogP contribution in [0.1, 0.15) is 96.8 Å². The molecule has 0 aliphatic heterocycles. The zero-order chi connectivity index (χ0) is 18.3. The minimum absolute atomic E-state index is 0.0904. The fraction of sp³-hybridized carbons (Fsp3) is 0.905. The van der Waals surface area contributed by atoms with Crippen LogP contribution < -0.4 is 0 Å². The molecule has 0 heterocycles. The molecule has 0 N–H and O–H groups in total. The van der Waals surface area contributed by atoms with Crippen LogP contribution in [0.15, 0.2) is 0 Å². The highest BCUT2D eigenvalue weighted by Crippen LogP contribution is 2.26. The molecule has 1 fully saturated rings. The predicted octanol–water partition coefficient (Wildman–Crippen LogP) is 5.10. The molecular weight excluding hydrogens is 314 g/mol. The van der Waals surface area contributed by atoms with E-state index in [9.17, 15) is 9.59 Å². The highest BCUT2D eigenvalue weighted by Gasteiger charge is 2.26. The van der Waals surface area contributed by atoms with E-state index >= 15 is 0 Å². The summed E-state index contributed by atoms with van der Waals surface area (Å²) in [6.07, 6.45) is 16.9. The summed E-state index contributed by atoms with van der Waals surface area (Å²) in [5, 5.41) is 0. The molecule has 1 amide bonds. The summed E-state index contributed by atoms with van der Waals surface area (Å²) in [6.45, 7) is 2.83. The van der Waals surface area contributed by atoms with Crippen LogP contribution >= 0.6 is 0 Å². The largest absolute Gasteiger partial charge is 0.464 e. The molecule has 25 heavy (non-hydrogen) atoms. The zero-order valence-corrected chi connectivity index (χ0v) is 16.6. The molecule has 0 aromatic heterocycles. The van der Waals surface area contributed by atoms with Crippen LogP contribution in [-0.2, 0) is 14.3 Å². The summed E-state index contributed by atoms with van der Waals surface area (Å²) in [5.74, 6) is -0.0436. The lowest BCUT2D eigenvalue weighted by molar-refractivity contribution is -0.149. The second-order valence-electron chi connectivity index (χ2n) is 7.58. The molecular formula is C21H39NO3. The molecule has 0 spiro atoms. The monoisotopic (exact) mass is 353 g/mol. The minimum atomic E-state index is -0.273. The first-order chi connectivity index (χ1) is 12.1. The summed E-state index contributed by atoms with van der Waals surface area (Å²) in [5.41, 5.74) is 0. The Bertz CT molecular complexity index is 364. The maximum atomic E-state index is 12.2. The molecule has 146 valence electrons. The van der Waals surface area contributed by atoms with E-state index in [1.165, 1.54) is 56.3 Å². The molecule has 1 aliphatic rings. The summed E-state index contributed by atoms with van der Waals surface area (Å²) in [6, 6.07) is 0. The number of hydrogen-bond acceptors (Lipinski definition) is 3. The van der Waals surface area contributed by atoms with Gasteiger partial charge < -0.3 is 9.64 Å². The van der Waals surface area contributed by atoms with Crippen LogP contribution in [0.25, 0.3) is 0 Å². The van der Waals surface area contributed by atoms with Gasteiger partial charge in [-0.05, 0) is 19.3 Å². The Labute approximate surface area is 154 Å². The number of likely N-dealkylation sites (N-methyl/N-ethyl adjacent to an activating group) is 1. The van der Waals surface area contributed by atoms with Crippen molar-refractivity contribution in [3.63, 3.8) is 0 Å². The van der Waals surface area contributed by atoms with Crippen LogP contribution in [0, 0.1) is 5.92 Å². The lowest BCUT2D eigenvalue weighted by Crippen LogP contribution is -2.36. The molecule has 0 unspecified atom stereocenters. The van der Waals surface area contributed by atoms with Crippen molar-refractivity contribution in [2.75, 3.05) is 20.2 Å². The molecule has 0 saturated heterocycles. The summed E-state index contributed by atoms with van der Waals surface area (Å²) in [7, 11) is 1.71. The van der Waals surface area contributed by atoms with E-state index in [4.69, 9.17) is 4.74 Å². The molecule has 1 aliphatic carbocycles. The van der Waals surface area contributed by atoms with E-state index in [0.29, 0.717) is 6.61 Å². The molecule has 4 nitrogen and oxygen atoms in total. The molecule has 1 saturated carbocycles. The Morgan fingerprint density at radius 3 is 1.96 bits per heavy atom. The van der Waals surface area contributed by atoms with Gasteiger partial charge in [0.25, 0.3) is 0 Å². The van der Waals surface area contributed by atoms with Gasteiger partial charge in [0, 0.05) is 13.0 Å². The first kappa shape index (κ1) is 22.0. The van der Waals surface area contributed by atoms with E-state index in [2.05, 4.69) is 6.92 Å². The Kier molecular flexibility index (Phi) is 12.4. The van der Waals surface area contributed by atoms with Gasteiger partial charge in [-0.1, -0.05) is 77.6 Å². The van der Waals surface area contributed by atoms with Crippen molar-refractivity contribution in [2.45, 2.75) is 96.8 Å². The quantitative estimate of drug-likeness (QED) is 0.322. The highest BCUT2D eigenvalue weighted by atomic mass is 16.5. The zero-order valence-electron chi connectivity index (χ0n) is 16.6. The molecule has 0 aromatic rings. The number of amides is 1. The van der Waals surface area contributed by atoms with Crippen LogP contribution in [0.4, 0.5) is 0 Å². The van der Waals surface area contributed by atoms with Gasteiger partial charge >= 0.3 is 5.97 Å². The average Bonchev–Trinajstić information content (AvgIpc) is 3.13. The van der Waals surface area contributed by atoms with E-state index in [-0.39, 0.29) is 24.3 Å². The van der Waals surface area contributed by atoms with E-state index in [1.807, 2.05) is 0 Å². The van der Waals surface area contributed by atoms with Crippen LogP contribution in [0.2, 0.25) is 0 Å². The van der Waals surface area contributed by atoms with Gasteiger partial charge in [0.2, 0.25) is 5.91 Å². The van der Waals surface area contributed by atoms with Crippen molar-refractivity contribution >= 4 is 11.9 Å². The molecule has 0 atom stereocenters. The lowest BCUT2D eigenvalue weighted by atomic mass is 10.1. The third kappa shape index (κ3) is 10.5. The van der Waals surface area contributed by atoms with Crippen molar-refractivity contribution in [3.05, 3.63) is 0 Å². The van der Waals surface area contributed by atoms with Crippen molar-refractivity contribution in [2.24, 2.45) is 5.92 Å². The van der Waals surface area contributed by atoms with E-state index in [0.717, 1.165) is 38.5 Å². The molecule has 0 radical (unpaired) electrons. The summed E-state index contributed by atoms with van der Waals surface area (Å²) >= 11 is 0. The van der Waals surface area contributed by atoms with Gasteiger partial charge in [-0.2, -0.15) is 0 Å². The maximum Gasteiger partial charge on any atom is 0.325 e. The Morgan fingerprint density at radius 1 is 0.880 bits per heavy atom. The molecule has 4 heteroatoms. The summed E-state index contributed by atoms with van der Waals surface area (Å²) in [4.78, 5) is 25.5. The van der Waals surface area contributed by atoms with E-state index in [1.54, 1.807) is 7.05 Å². The third-order valence-electron chi connectivity index (χ3n) is 5.21. The van der Waals surface area contributed by atoms with Gasteiger partial charge in [0.05, 0.1) is 6.61 Å². The first-order valence-electron chi connectivity index (χ1n) is 10.6. The predicted molar refractivity (Wildman–Crippen MR) is 102 cm³/mol. The second kappa shape index (κ2) is 14.1. The molecule has 0 aromatic carbocycles. The smallest absolute Gasteiger partial charge is 0.325 e.